The zero-order valence-corrected chi connectivity index (χ0v) is 22.8. The molecule has 0 atom stereocenters. The zero-order chi connectivity index (χ0) is 29.3. The maximum absolute atomic E-state index is 13.2. The van der Waals surface area contributed by atoms with Gasteiger partial charge in [0.2, 0.25) is 11.7 Å². The van der Waals surface area contributed by atoms with Crippen molar-refractivity contribution in [3.63, 3.8) is 0 Å². The Labute approximate surface area is 234 Å². The van der Waals surface area contributed by atoms with Crippen LogP contribution < -0.4 is 5.56 Å². The number of hydrogen-bond donors (Lipinski definition) is 4. The van der Waals surface area contributed by atoms with Crippen LogP contribution in [0.5, 0.6) is 17.5 Å². The fraction of sp³-hybridized carbons (Fsp3) is 0.357. The third kappa shape index (κ3) is 5.94. The first kappa shape index (κ1) is 27.9. The van der Waals surface area contributed by atoms with Gasteiger partial charge in [-0.3, -0.25) is 24.3 Å². The van der Waals surface area contributed by atoms with E-state index in [1.807, 2.05) is 38.1 Å². The summed E-state index contributed by atoms with van der Waals surface area (Å²) in [7, 11) is 0. The number of rotatable bonds is 8. The van der Waals surface area contributed by atoms with Crippen molar-refractivity contribution >= 4 is 5.91 Å². The van der Waals surface area contributed by atoms with E-state index in [0.717, 1.165) is 11.8 Å². The largest absolute Gasteiger partial charge is 0.508 e. The lowest BCUT2D eigenvalue weighted by atomic mass is 9.98. The number of halogens is 1. The Morgan fingerprint density at radius 2 is 1.73 bits per heavy atom. The van der Waals surface area contributed by atoms with Crippen molar-refractivity contribution in [1.29, 1.82) is 0 Å². The molecule has 5 rings (SSSR count). The summed E-state index contributed by atoms with van der Waals surface area (Å²) in [5.74, 6) is -0.867. The Hall–Kier alpha value is -4.65. The van der Waals surface area contributed by atoms with Crippen LogP contribution in [0.1, 0.15) is 37.3 Å². The number of aromatic hydroxyl groups is 3. The Balaban J connectivity index is 1.21. The number of carbonyl (C=O) groups is 1. The highest BCUT2D eigenvalue weighted by Crippen LogP contribution is 2.38. The van der Waals surface area contributed by atoms with Crippen LogP contribution in [0.15, 0.2) is 47.4 Å². The molecule has 13 heteroatoms. The minimum atomic E-state index is -0.866. The molecular formula is C28H32FN7O5. The number of aromatic amines is 1. The summed E-state index contributed by atoms with van der Waals surface area (Å²) in [6.45, 7) is 7.25. The van der Waals surface area contributed by atoms with E-state index in [4.69, 9.17) is 0 Å². The van der Waals surface area contributed by atoms with Gasteiger partial charge in [-0.2, -0.15) is 4.39 Å². The molecule has 0 aliphatic carbocycles. The molecule has 0 spiro atoms. The van der Waals surface area contributed by atoms with Crippen LogP contribution in [0.25, 0.3) is 17.1 Å². The van der Waals surface area contributed by atoms with Crippen molar-refractivity contribution in [2.24, 2.45) is 0 Å². The van der Waals surface area contributed by atoms with Gasteiger partial charge in [-0.15, -0.1) is 5.10 Å². The van der Waals surface area contributed by atoms with Crippen molar-refractivity contribution in [2.75, 3.05) is 26.2 Å². The van der Waals surface area contributed by atoms with E-state index >= 15 is 0 Å². The zero-order valence-electron chi connectivity index (χ0n) is 22.8. The van der Waals surface area contributed by atoms with E-state index in [9.17, 15) is 29.3 Å². The molecule has 1 fully saturated rings. The highest BCUT2D eigenvalue weighted by Gasteiger charge is 2.23. The van der Waals surface area contributed by atoms with Crippen molar-refractivity contribution in [2.45, 2.75) is 39.3 Å². The number of hydrogen-bond acceptors (Lipinski definition) is 8. The highest BCUT2D eigenvalue weighted by molar-refractivity contribution is 5.76. The molecule has 2 aromatic heterocycles. The number of phenolic OH excluding ortho intramolecular Hbond substituents is 2. The third-order valence-corrected chi connectivity index (χ3v) is 7.28. The predicted molar refractivity (Wildman–Crippen MR) is 147 cm³/mol. The van der Waals surface area contributed by atoms with Gasteiger partial charge in [-0.25, -0.2) is 4.57 Å². The lowest BCUT2D eigenvalue weighted by Crippen LogP contribution is -2.48. The van der Waals surface area contributed by atoms with E-state index < -0.39 is 11.4 Å². The molecule has 0 radical (unpaired) electrons. The van der Waals surface area contributed by atoms with Gasteiger partial charge < -0.3 is 20.2 Å². The van der Waals surface area contributed by atoms with Crippen LogP contribution in [-0.2, 0) is 17.9 Å². The number of aromatic nitrogens is 5. The number of piperazine rings is 1. The van der Waals surface area contributed by atoms with Crippen LogP contribution in [0, 0.1) is 5.82 Å². The van der Waals surface area contributed by atoms with Gasteiger partial charge in [0.25, 0.3) is 5.56 Å². The molecule has 2 aromatic carbocycles. The molecule has 1 aliphatic heterocycles. The standard InChI is InChI=1S/C28H32FN7O5/c1-17(2)20-13-21(24(38)14-23(20)37)26-30-31-28(41)36(26)19-5-3-18(4-6-19)15-33-9-11-34(12-10-33)25(39)7-8-35-16-22(29)27(40)32-35/h3-6,13-14,16-17,37-38H,7-12,15H2,1-2H3,(H,31,41)(H,32,40). The number of nitrogens with zero attached hydrogens (tertiary/aromatic N) is 6. The molecule has 12 nitrogen and oxygen atoms in total. The Morgan fingerprint density at radius 3 is 2.37 bits per heavy atom. The highest BCUT2D eigenvalue weighted by atomic mass is 19.1. The Morgan fingerprint density at radius 1 is 1.02 bits per heavy atom. The van der Waals surface area contributed by atoms with E-state index in [1.54, 1.807) is 11.0 Å². The van der Waals surface area contributed by atoms with E-state index in [1.165, 1.54) is 15.3 Å². The summed E-state index contributed by atoms with van der Waals surface area (Å²) in [5, 5.41) is 41.4. The molecule has 4 N–H and O–H groups in total. The SMILES string of the molecule is CC(C)c1cc(-c2nnc(O)n2-c2ccc(CN3CCN(C(=O)CCn4cc(F)c(=O)[nH]4)CC3)cc2)c(O)cc1O. The third-order valence-electron chi connectivity index (χ3n) is 7.28. The molecule has 0 bridgehead atoms. The molecule has 216 valence electrons. The molecular weight excluding hydrogens is 533 g/mol. The average molecular weight is 566 g/mol. The second-order valence-corrected chi connectivity index (χ2v) is 10.4. The lowest BCUT2D eigenvalue weighted by molar-refractivity contribution is -0.133. The van der Waals surface area contributed by atoms with E-state index in [2.05, 4.69) is 20.2 Å². The lowest BCUT2D eigenvalue weighted by Gasteiger charge is -2.34. The average Bonchev–Trinajstić information content (AvgIpc) is 3.48. The Bertz CT molecular complexity index is 1600. The molecule has 4 aromatic rings. The number of nitrogens with one attached hydrogen (secondary N) is 1. The maximum atomic E-state index is 13.2. The molecule has 0 unspecified atom stereocenters. The fourth-order valence-corrected chi connectivity index (χ4v) is 4.99. The number of benzene rings is 2. The second kappa shape index (κ2) is 11.5. The number of amides is 1. The van der Waals surface area contributed by atoms with Crippen LogP contribution >= 0.6 is 0 Å². The normalized spacial score (nSPS) is 14.2. The van der Waals surface area contributed by atoms with Gasteiger partial charge >= 0.3 is 6.01 Å². The summed E-state index contributed by atoms with van der Waals surface area (Å²) >= 11 is 0. The first-order valence-electron chi connectivity index (χ1n) is 13.4. The van der Waals surface area contributed by atoms with Crippen LogP contribution in [0.2, 0.25) is 0 Å². The molecule has 41 heavy (non-hydrogen) atoms. The van der Waals surface area contributed by atoms with Gasteiger partial charge in [0, 0.05) is 51.8 Å². The van der Waals surface area contributed by atoms with Crippen molar-refractivity contribution in [1.82, 2.24) is 34.3 Å². The van der Waals surface area contributed by atoms with Crippen molar-refractivity contribution in [3.8, 4) is 34.6 Å². The number of aryl methyl sites for hydroxylation is 1. The second-order valence-electron chi connectivity index (χ2n) is 10.4. The number of carbonyl (C=O) groups excluding carboxylic acids is 1. The predicted octanol–water partition coefficient (Wildman–Crippen LogP) is 2.54. The van der Waals surface area contributed by atoms with Crippen molar-refractivity contribution in [3.05, 3.63) is 69.9 Å². The summed E-state index contributed by atoms with van der Waals surface area (Å²) in [4.78, 5) is 27.8. The summed E-state index contributed by atoms with van der Waals surface area (Å²) < 4.78 is 15.9. The monoisotopic (exact) mass is 565 g/mol. The molecule has 0 saturated carbocycles. The molecule has 1 aliphatic rings. The van der Waals surface area contributed by atoms with E-state index in [-0.39, 0.29) is 48.1 Å². The van der Waals surface area contributed by atoms with Crippen LogP contribution in [-0.4, -0.2) is 81.8 Å². The quantitative estimate of drug-likeness (QED) is 0.254. The Kier molecular flexibility index (Phi) is 7.79. The first-order valence-corrected chi connectivity index (χ1v) is 13.4. The van der Waals surface area contributed by atoms with Crippen molar-refractivity contribution < 1.29 is 24.5 Å². The van der Waals surface area contributed by atoms with Crippen LogP contribution in [0.4, 0.5) is 4.39 Å². The van der Waals surface area contributed by atoms with Gasteiger partial charge in [0.1, 0.15) is 11.5 Å². The van der Waals surface area contributed by atoms with Gasteiger partial charge in [-0.05, 0) is 35.2 Å². The molecule has 1 amide bonds. The summed E-state index contributed by atoms with van der Waals surface area (Å²) in [6, 6.07) is 10.1. The van der Waals surface area contributed by atoms with E-state index in [0.29, 0.717) is 49.5 Å². The molecule has 1 saturated heterocycles. The van der Waals surface area contributed by atoms with Gasteiger partial charge in [0.05, 0.1) is 17.4 Å². The van der Waals surface area contributed by atoms with Gasteiger partial charge in [0.15, 0.2) is 5.82 Å². The summed E-state index contributed by atoms with van der Waals surface area (Å²) in [5.41, 5.74) is 1.82. The fourth-order valence-electron chi connectivity index (χ4n) is 4.99. The summed E-state index contributed by atoms with van der Waals surface area (Å²) in [6.07, 6.45) is 1.23. The molecule has 3 heterocycles. The smallest absolute Gasteiger partial charge is 0.319 e. The maximum Gasteiger partial charge on any atom is 0.319 e. The minimum absolute atomic E-state index is 0.00105. The van der Waals surface area contributed by atoms with Gasteiger partial charge in [-0.1, -0.05) is 31.1 Å². The topological polar surface area (TPSA) is 153 Å². The minimum Gasteiger partial charge on any atom is -0.508 e. The number of H-pyrrole nitrogens is 1. The first-order chi connectivity index (χ1) is 19.6. The number of phenols is 2. The van der Waals surface area contributed by atoms with Crippen LogP contribution in [0.3, 0.4) is 0 Å².